The molecule has 9 nitrogen and oxygen atoms in total. The van der Waals surface area contributed by atoms with Gasteiger partial charge in [-0.15, -0.1) is 0 Å². The summed E-state index contributed by atoms with van der Waals surface area (Å²) >= 11 is 0. The zero-order valence-corrected chi connectivity index (χ0v) is 16.7. The van der Waals surface area contributed by atoms with E-state index in [1.807, 2.05) is 37.3 Å². The van der Waals surface area contributed by atoms with Crippen molar-refractivity contribution in [3.63, 3.8) is 0 Å². The molecule has 0 saturated heterocycles. The summed E-state index contributed by atoms with van der Waals surface area (Å²) in [6.45, 7) is 4.19. The molecule has 1 aromatic carbocycles. The predicted molar refractivity (Wildman–Crippen MR) is 101 cm³/mol. The van der Waals surface area contributed by atoms with Gasteiger partial charge in [-0.1, -0.05) is 37.3 Å². The largest absolute Gasteiger partial charge is 0.378 e. The fraction of sp³-hybridized carbons (Fsp3) is 0.526. The Morgan fingerprint density at radius 1 is 1.14 bits per heavy atom. The lowest BCUT2D eigenvalue weighted by molar-refractivity contribution is -0.233. The number of ether oxygens (including phenoxy) is 2. The molecule has 9 heteroatoms. The molecule has 2 atom stereocenters. The molecule has 0 fully saturated rings. The Hall–Kier alpha value is -2.49. The van der Waals surface area contributed by atoms with Crippen LogP contribution in [0, 0.1) is 0 Å². The minimum Gasteiger partial charge on any atom is -0.378 e. The van der Waals surface area contributed by atoms with Gasteiger partial charge in [0.25, 0.3) is 5.91 Å². The second-order valence-corrected chi connectivity index (χ2v) is 6.61. The van der Waals surface area contributed by atoms with Crippen LogP contribution in [0.3, 0.4) is 0 Å². The van der Waals surface area contributed by atoms with Gasteiger partial charge in [-0.05, 0) is 18.9 Å². The fourth-order valence-electron chi connectivity index (χ4n) is 2.28. The first-order valence-corrected chi connectivity index (χ1v) is 8.93. The van der Waals surface area contributed by atoms with Crippen molar-refractivity contribution in [2.45, 2.75) is 51.6 Å². The topological polar surface area (TPSA) is 126 Å². The lowest BCUT2D eigenvalue weighted by atomic mass is 10.1. The number of benzene rings is 1. The first-order chi connectivity index (χ1) is 13.1. The van der Waals surface area contributed by atoms with Crippen molar-refractivity contribution in [2.75, 3.05) is 13.7 Å². The number of carbonyl (C=O) groups excluding carboxylic acids is 3. The number of hydrazine groups is 1. The highest BCUT2D eigenvalue weighted by Gasteiger charge is 2.35. The second-order valence-electron chi connectivity index (χ2n) is 6.61. The van der Waals surface area contributed by atoms with E-state index in [-0.39, 0.29) is 19.6 Å². The number of nitrogens with one attached hydrogen (secondary N) is 3. The van der Waals surface area contributed by atoms with Gasteiger partial charge in [0.2, 0.25) is 11.8 Å². The SMILES string of the molecule is CCC(CC(=O)NC[C@@](C)(O)C(=O)NNC(C)=O)(OC)OCc1ccccc1. The molecule has 0 aliphatic rings. The molecular formula is C19H29N3O6. The van der Waals surface area contributed by atoms with Crippen LogP contribution in [0.1, 0.15) is 39.2 Å². The number of hydrogen-bond donors (Lipinski definition) is 4. The lowest BCUT2D eigenvalue weighted by Gasteiger charge is -2.31. The summed E-state index contributed by atoms with van der Waals surface area (Å²) in [5.74, 6) is -2.93. The standard InChI is InChI=1S/C19H29N3O6/c1-5-19(27-4,28-12-15-9-7-6-8-10-15)11-16(24)20-13-18(3,26)17(25)22-21-14(2)23/h6-10,26H,5,11-13H2,1-4H3,(H,20,24)(H,21,23)(H,22,25)/t18-,19?/m1/s1. The smallest absolute Gasteiger partial charge is 0.271 e. The highest BCUT2D eigenvalue weighted by atomic mass is 16.7. The zero-order valence-electron chi connectivity index (χ0n) is 16.7. The Kier molecular flexibility index (Phi) is 9.04. The van der Waals surface area contributed by atoms with E-state index < -0.39 is 29.1 Å². The van der Waals surface area contributed by atoms with E-state index in [0.717, 1.165) is 5.56 Å². The first kappa shape index (κ1) is 23.5. The van der Waals surface area contributed by atoms with E-state index >= 15 is 0 Å². The average Bonchev–Trinajstić information content (AvgIpc) is 2.68. The van der Waals surface area contributed by atoms with Gasteiger partial charge in [0.15, 0.2) is 11.4 Å². The maximum Gasteiger partial charge on any atom is 0.271 e. The molecule has 1 rings (SSSR count). The van der Waals surface area contributed by atoms with E-state index in [1.165, 1.54) is 21.0 Å². The fourth-order valence-corrected chi connectivity index (χ4v) is 2.28. The lowest BCUT2D eigenvalue weighted by Crippen LogP contribution is -2.56. The molecule has 0 aliphatic heterocycles. The quantitative estimate of drug-likeness (QED) is 0.335. The molecule has 0 bridgehead atoms. The molecule has 3 amide bonds. The highest BCUT2D eigenvalue weighted by molar-refractivity contribution is 5.87. The third-order valence-electron chi connectivity index (χ3n) is 4.16. The average molecular weight is 395 g/mol. The monoisotopic (exact) mass is 395 g/mol. The van der Waals surface area contributed by atoms with Crippen LogP contribution in [0.4, 0.5) is 0 Å². The van der Waals surface area contributed by atoms with Gasteiger partial charge in [-0.25, -0.2) is 0 Å². The van der Waals surface area contributed by atoms with Crippen LogP contribution in [0.25, 0.3) is 0 Å². The van der Waals surface area contributed by atoms with E-state index in [0.29, 0.717) is 6.42 Å². The Bertz CT molecular complexity index is 659. The van der Waals surface area contributed by atoms with Gasteiger partial charge >= 0.3 is 0 Å². The van der Waals surface area contributed by atoms with E-state index in [9.17, 15) is 19.5 Å². The molecule has 0 aromatic heterocycles. The molecule has 0 aliphatic carbocycles. The Morgan fingerprint density at radius 3 is 2.32 bits per heavy atom. The van der Waals surface area contributed by atoms with Crippen LogP contribution in [-0.2, 0) is 30.5 Å². The Balaban J connectivity index is 2.61. The van der Waals surface area contributed by atoms with Crippen LogP contribution < -0.4 is 16.2 Å². The van der Waals surface area contributed by atoms with Crippen molar-refractivity contribution >= 4 is 17.7 Å². The maximum atomic E-state index is 12.3. The van der Waals surface area contributed by atoms with E-state index in [1.54, 1.807) is 0 Å². The van der Waals surface area contributed by atoms with Crippen molar-refractivity contribution in [1.29, 1.82) is 0 Å². The Labute approximate surface area is 164 Å². The number of carbonyl (C=O) groups is 3. The molecule has 0 radical (unpaired) electrons. The number of rotatable bonds is 10. The van der Waals surface area contributed by atoms with Gasteiger partial charge in [-0.2, -0.15) is 0 Å². The molecule has 28 heavy (non-hydrogen) atoms. The third kappa shape index (κ3) is 7.63. The molecule has 1 aromatic rings. The molecule has 0 saturated carbocycles. The van der Waals surface area contributed by atoms with Crippen LogP contribution >= 0.6 is 0 Å². The second kappa shape index (κ2) is 10.7. The van der Waals surface area contributed by atoms with E-state index in [4.69, 9.17) is 9.47 Å². The van der Waals surface area contributed by atoms with Crippen molar-refractivity contribution < 1.29 is 29.0 Å². The summed E-state index contributed by atoms with van der Waals surface area (Å²) < 4.78 is 11.3. The summed E-state index contributed by atoms with van der Waals surface area (Å²) in [5, 5.41) is 12.7. The normalized spacial score (nSPS) is 15.0. The van der Waals surface area contributed by atoms with E-state index in [2.05, 4.69) is 16.2 Å². The van der Waals surface area contributed by atoms with Gasteiger partial charge in [-0.3, -0.25) is 25.2 Å². The minimum atomic E-state index is -1.91. The summed E-state index contributed by atoms with van der Waals surface area (Å²) in [6.07, 6.45) is 0.305. The molecular weight excluding hydrogens is 366 g/mol. The third-order valence-corrected chi connectivity index (χ3v) is 4.16. The summed E-state index contributed by atoms with van der Waals surface area (Å²) in [7, 11) is 1.46. The van der Waals surface area contributed by atoms with Crippen molar-refractivity contribution in [3.8, 4) is 0 Å². The van der Waals surface area contributed by atoms with Crippen molar-refractivity contribution in [2.24, 2.45) is 0 Å². The van der Waals surface area contributed by atoms with Gasteiger partial charge < -0.3 is 19.9 Å². The van der Waals surface area contributed by atoms with Crippen LogP contribution in [-0.4, -0.2) is 47.9 Å². The maximum absolute atomic E-state index is 12.3. The molecule has 1 unspecified atom stereocenters. The van der Waals surface area contributed by atoms with Gasteiger partial charge in [0.05, 0.1) is 19.6 Å². The molecule has 0 heterocycles. The van der Waals surface area contributed by atoms with Crippen molar-refractivity contribution in [1.82, 2.24) is 16.2 Å². The van der Waals surface area contributed by atoms with Crippen LogP contribution in [0.15, 0.2) is 30.3 Å². The number of aliphatic hydroxyl groups is 1. The first-order valence-electron chi connectivity index (χ1n) is 8.93. The van der Waals surface area contributed by atoms with Crippen LogP contribution in [0.5, 0.6) is 0 Å². The molecule has 156 valence electrons. The van der Waals surface area contributed by atoms with Gasteiger partial charge in [0.1, 0.15) is 0 Å². The van der Waals surface area contributed by atoms with Crippen molar-refractivity contribution in [3.05, 3.63) is 35.9 Å². The predicted octanol–water partition coefficient (Wildman–Crippen LogP) is 0.381. The molecule has 0 spiro atoms. The van der Waals surface area contributed by atoms with Crippen LogP contribution in [0.2, 0.25) is 0 Å². The Morgan fingerprint density at radius 2 is 1.79 bits per heavy atom. The number of hydrogen-bond acceptors (Lipinski definition) is 6. The molecule has 4 N–H and O–H groups in total. The zero-order chi connectivity index (χ0) is 21.2. The number of methoxy groups -OCH3 is 1. The summed E-state index contributed by atoms with van der Waals surface area (Å²) in [6, 6.07) is 9.48. The summed E-state index contributed by atoms with van der Waals surface area (Å²) in [4.78, 5) is 35.0. The van der Waals surface area contributed by atoms with Gasteiger partial charge in [0, 0.05) is 14.0 Å². The highest BCUT2D eigenvalue weighted by Crippen LogP contribution is 2.23. The number of amides is 3. The summed E-state index contributed by atoms with van der Waals surface area (Å²) in [5.41, 5.74) is 3.17. The minimum absolute atomic E-state index is 0.115.